The molecule has 6 aliphatic rings. The third-order valence-corrected chi connectivity index (χ3v) is 20.3. The van der Waals surface area contributed by atoms with Gasteiger partial charge in [0.1, 0.15) is 42.8 Å². The lowest BCUT2D eigenvalue weighted by atomic mass is 9.39. The van der Waals surface area contributed by atoms with E-state index in [1.807, 2.05) is 45.3 Å². The largest absolute Gasteiger partial charge is 0.479 e. The van der Waals surface area contributed by atoms with Gasteiger partial charge in [0.25, 0.3) is 5.91 Å². The van der Waals surface area contributed by atoms with Crippen LogP contribution in [0.5, 0.6) is 0 Å². The van der Waals surface area contributed by atoms with Gasteiger partial charge in [-0.3, -0.25) is 34.0 Å². The first kappa shape index (κ1) is 69.4. The highest BCUT2D eigenvalue weighted by Gasteiger charge is 2.66. The quantitative estimate of drug-likeness (QED) is 0.0347. The summed E-state index contributed by atoms with van der Waals surface area (Å²) in [5.41, 5.74) is 3.79. The van der Waals surface area contributed by atoms with Gasteiger partial charge < -0.3 is 75.8 Å². The predicted octanol–water partition coefficient (Wildman–Crippen LogP) is 4.68. The number of anilines is 3. The molecule has 0 radical (unpaired) electrons. The van der Waals surface area contributed by atoms with Crippen molar-refractivity contribution in [2.24, 2.45) is 22.2 Å². The van der Waals surface area contributed by atoms with E-state index in [2.05, 4.69) is 55.7 Å². The fourth-order valence-electron chi connectivity index (χ4n) is 16.0. The molecule has 518 valence electrons. The van der Waals surface area contributed by atoms with Gasteiger partial charge in [-0.05, 0) is 135 Å². The Labute approximate surface area is 562 Å². The number of aliphatic carboxylic acids is 1. The molecule has 0 spiro atoms. The van der Waals surface area contributed by atoms with Crippen LogP contribution in [0, 0.1) is 29.1 Å². The summed E-state index contributed by atoms with van der Waals surface area (Å²) in [6, 6.07) is 13.8. The zero-order valence-corrected chi connectivity index (χ0v) is 55.9. The Morgan fingerprint density at radius 2 is 1.56 bits per heavy atom. The van der Waals surface area contributed by atoms with E-state index in [4.69, 9.17) is 24.3 Å². The zero-order valence-electron chi connectivity index (χ0n) is 55.0. The summed E-state index contributed by atoms with van der Waals surface area (Å²) in [6.07, 6.45) is -0.636. The number of carboxylic acids is 2. The van der Waals surface area contributed by atoms with E-state index in [1.54, 1.807) is 56.7 Å². The maximum absolute atomic E-state index is 13.6. The second kappa shape index (κ2) is 27.9. The van der Waals surface area contributed by atoms with Gasteiger partial charge in [0.05, 0.1) is 59.8 Å². The zero-order chi connectivity index (χ0) is 69.5. The van der Waals surface area contributed by atoms with Crippen LogP contribution < -0.4 is 36.8 Å². The van der Waals surface area contributed by atoms with Crippen molar-refractivity contribution in [3.63, 3.8) is 0 Å². The molecule has 2 unspecified atom stereocenters. The molecular weight excluding hydrogens is 1270 g/mol. The van der Waals surface area contributed by atoms with Gasteiger partial charge in [0, 0.05) is 55.6 Å². The van der Waals surface area contributed by atoms with E-state index in [-0.39, 0.29) is 79.0 Å². The molecule has 2 aliphatic heterocycles. The number of hydrogen-bond donors (Lipinski definition) is 11. The van der Waals surface area contributed by atoms with Crippen molar-refractivity contribution in [2.75, 3.05) is 41.8 Å². The number of ether oxygens (including phenoxy) is 3. The van der Waals surface area contributed by atoms with Crippen molar-refractivity contribution in [3.8, 4) is 11.1 Å². The number of aromatic nitrogens is 6. The minimum Gasteiger partial charge on any atom is -0.479 e. The molecule has 11 N–H and O–H groups in total. The van der Waals surface area contributed by atoms with Gasteiger partial charge in [-0.1, -0.05) is 57.2 Å². The van der Waals surface area contributed by atoms with Crippen LogP contribution in [-0.2, 0) is 70.8 Å². The van der Waals surface area contributed by atoms with Crippen molar-refractivity contribution < 1.29 is 78.1 Å². The summed E-state index contributed by atoms with van der Waals surface area (Å²) in [5.74, 6) is -5.39. The number of fused-ring (bicyclic) bond motifs is 2. The molecule has 6 aromatic rings. The Kier molecular flexibility index (Phi) is 20.0. The van der Waals surface area contributed by atoms with E-state index < -0.39 is 102 Å². The number of aromatic carboxylic acids is 1. The lowest BCUT2D eigenvalue weighted by Crippen LogP contribution is -2.64. The SMILES string of the molecule is CC(=O)NCC(=O)N[C@H](C(=O)N[C@@H](C)C(=O)Nc1ccc(COC(=O)NCCOC23CC4(C)CC(C)(CC(Cn5ncc(-c6ccc(N7CCn8cnc(C(=O)Nc9nc%10ccccc%10s9)c8C7)nc6C(=O)O)c5C)(C4)C2)C3)c(CC[C@@H]2O[C@H](C(=O)O)[C@@H](O)[C@H](O)[C@H]2O)c1)C(C)C. The van der Waals surface area contributed by atoms with Gasteiger partial charge >= 0.3 is 18.0 Å². The predicted molar refractivity (Wildman–Crippen MR) is 352 cm³/mol. The maximum atomic E-state index is 13.6. The van der Waals surface area contributed by atoms with Crippen LogP contribution in [0.1, 0.15) is 130 Å². The number of carboxylic acid groups (broad SMARTS) is 2. The van der Waals surface area contributed by atoms with Crippen LogP contribution in [0.25, 0.3) is 21.3 Å². The van der Waals surface area contributed by atoms with Crippen LogP contribution in [0.15, 0.2) is 67.1 Å². The van der Waals surface area contributed by atoms with Crippen LogP contribution >= 0.6 is 11.3 Å². The van der Waals surface area contributed by atoms with Crippen molar-refractivity contribution in [2.45, 2.75) is 174 Å². The number of rotatable bonds is 25. The number of hydrogen-bond acceptors (Lipinski definition) is 20. The minimum absolute atomic E-state index is 0.0311. The van der Waals surface area contributed by atoms with Crippen molar-refractivity contribution in [3.05, 3.63) is 101 Å². The lowest BCUT2D eigenvalue weighted by Gasteiger charge is -2.69. The molecule has 9 atom stereocenters. The smallest absolute Gasteiger partial charge is 0.407 e. The van der Waals surface area contributed by atoms with Gasteiger partial charge in [-0.2, -0.15) is 5.10 Å². The Morgan fingerprint density at radius 1 is 0.804 bits per heavy atom. The summed E-state index contributed by atoms with van der Waals surface area (Å²) in [7, 11) is 0. The molecule has 4 bridgehead atoms. The molecule has 4 aromatic heterocycles. The normalized spacial score (nSPS) is 25.4. The van der Waals surface area contributed by atoms with Crippen molar-refractivity contribution in [1.29, 1.82) is 0 Å². The highest BCUT2D eigenvalue weighted by atomic mass is 32.1. The Bertz CT molecular complexity index is 3990. The monoisotopic (exact) mass is 1360 g/mol. The van der Waals surface area contributed by atoms with Crippen LogP contribution in [0.4, 0.5) is 21.4 Å². The molecule has 12 rings (SSSR count). The number of alkyl carbamates (subject to hydrolysis) is 1. The second-order valence-corrected chi connectivity index (χ2v) is 28.9. The topological polar surface area (TPSA) is 402 Å². The van der Waals surface area contributed by atoms with Gasteiger partial charge in [-0.25, -0.2) is 29.3 Å². The van der Waals surface area contributed by atoms with Gasteiger partial charge in [0.15, 0.2) is 22.6 Å². The fourth-order valence-corrected chi connectivity index (χ4v) is 16.9. The number of aliphatic hydroxyl groups excluding tert-OH is 3. The summed E-state index contributed by atoms with van der Waals surface area (Å²) in [6.45, 7) is 14.2. The first-order chi connectivity index (χ1) is 46.0. The number of para-hydroxylation sites is 1. The van der Waals surface area contributed by atoms with Crippen molar-refractivity contribution >= 4 is 85.8 Å². The van der Waals surface area contributed by atoms with Gasteiger partial charge in [-0.15, -0.1) is 0 Å². The summed E-state index contributed by atoms with van der Waals surface area (Å²) >= 11 is 1.37. The summed E-state index contributed by atoms with van der Waals surface area (Å²) < 4.78 is 23.0. The number of benzene rings is 2. The number of carbonyl (C=O) groups excluding carboxylic acids is 6. The van der Waals surface area contributed by atoms with E-state index in [0.717, 1.165) is 54.4 Å². The molecule has 6 amide bonds. The molecule has 4 aliphatic carbocycles. The molecule has 97 heavy (non-hydrogen) atoms. The van der Waals surface area contributed by atoms with Crippen LogP contribution in [-0.4, -0.2) is 177 Å². The minimum atomic E-state index is -1.90. The number of nitrogens with zero attached hydrogens (tertiary/aromatic N) is 7. The number of imidazole rings is 1. The van der Waals surface area contributed by atoms with Crippen LogP contribution in [0.2, 0.25) is 0 Å². The Hall–Kier alpha value is -8.94. The van der Waals surface area contributed by atoms with E-state index in [1.165, 1.54) is 25.2 Å². The van der Waals surface area contributed by atoms with E-state index in [9.17, 15) is 63.9 Å². The fraction of sp³-hybridized carbons (Fsp3) is 0.522. The standard InChI is InChI=1S/C67H83N13O16S/c1-35(2)50(76-49(82)24-69-38(5)81)58(87)72-36(3)57(86)73-41-14-12-40(39(22-41)13-16-46-53(83)54(84)55(85)56(96-46)61(91)92)26-94-63(93)68-18-21-95-67-30-64(6)27-65(7,31-67)29-66(28-64,32-67)33-80-37(4)43(23-71-80)42-15-17-48(75-51(42)60(89)90)78-19-20-79-34-70-52(45(79)25-78)59(88)77-62-74-44-10-8-9-11-47(44)97-62/h8-12,14-15,17,22-23,34-36,46,50,53-56,83-85H,13,16,18-21,24-33H2,1-7H3,(H,68,93)(H,69,81)(H,72,87)(H,73,86)(H,76,82)(H,89,90)(H,91,92)(H,74,77,88)/t36-,46-,50-,53-,54+,55-,56-,64?,65?,66?,67?/m0/s1. The summed E-state index contributed by atoms with van der Waals surface area (Å²) in [4.78, 5) is 118. The third kappa shape index (κ3) is 15.3. The first-order valence-electron chi connectivity index (χ1n) is 32.5. The lowest BCUT2D eigenvalue weighted by molar-refractivity contribution is -0.247. The molecule has 6 heterocycles. The molecule has 5 fully saturated rings. The second-order valence-electron chi connectivity index (χ2n) is 27.8. The van der Waals surface area contributed by atoms with E-state index in [0.29, 0.717) is 58.5 Å². The third-order valence-electron chi connectivity index (χ3n) is 19.3. The average Bonchev–Trinajstić information content (AvgIpc) is 0.877. The van der Waals surface area contributed by atoms with E-state index >= 15 is 0 Å². The molecule has 29 nitrogen and oxygen atoms in total. The molecule has 30 heteroatoms. The number of carbonyl (C=O) groups is 8. The number of nitrogens with one attached hydrogen (secondary N) is 6. The maximum Gasteiger partial charge on any atom is 0.407 e. The van der Waals surface area contributed by atoms with Gasteiger partial charge in [0.2, 0.25) is 23.6 Å². The number of pyridine rings is 1. The highest BCUT2D eigenvalue weighted by molar-refractivity contribution is 7.22. The average molecular weight is 1360 g/mol. The Balaban J connectivity index is 0.717. The number of thiazole rings is 1. The first-order valence-corrected chi connectivity index (χ1v) is 33.3. The number of aliphatic hydroxyl groups is 3. The van der Waals surface area contributed by atoms with Crippen molar-refractivity contribution in [1.82, 2.24) is 50.6 Å². The molecule has 4 saturated carbocycles. The Morgan fingerprint density at radius 3 is 2.27 bits per heavy atom. The highest BCUT2D eigenvalue weighted by Crippen LogP contribution is 2.72. The molecule has 1 saturated heterocycles. The molecule has 2 aromatic carbocycles. The number of amides is 6. The summed E-state index contributed by atoms with van der Waals surface area (Å²) in [5, 5.41) is 73.5. The van der Waals surface area contributed by atoms with Crippen LogP contribution in [0.3, 0.4) is 0 Å². The molecular formula is C67H83N13O16S. The number of aryl methyl sites for hydroxylation is 1.